The minimum Gasteiger partial charge on any atom is -0.387 e. The maximum absolute atomic E-state index is 6.24. The molecular formula is C14H16Cl2N2. The average Bonchev–Trinajstić information content (AvgIpc) is 2.31. The predicted octanol–water partition coefficient (Wildman–Crippen LogP) is 4.88. The first-order valence-electron chi connectivity index (χ1n) is 5.81. The van der Waals surface area contributed by atoms with Crippen LogP contribution >= 0.6 is 23.2 Å². The fraction of sp³-hybridized carbons (Fsp3) is 0.357. The molecule has 0 aliphatic rings. The van der Waals surface area contributed by atoms with Crippen LogP contribution in [0.3, 0.4) is 0 Å². The van der Waals surface area contributed by atoms with Gasteiger partial charge < -0.3 is 5.32 Å². The zero-order valence-electron chi connectivity index (χ0n) is 10.9. The Morgan fingerprint density at radius 3 is 2.28 bits per heavy atom. The zero-order chi connectivity index (χ0) is 13.5. The summed E-state index contributed by atoms with van der Waals surface area (Å²) < 4.78 is 0. The van der Waals surface area contributed by atoms with Gasteiger partial charge in [0.15, 0.2) is 0 Å². The van der Waals surface area contributed by atoms with E-state index in [1.54, 1.807) is 12.1 Å². The quantitative estimate of drug-likeness (QED) is 0.806. The van der Waals surface area contributed by atoms with Crippen LogP contribution in [0.15, 0.2) is 18.2 Å². The molecule has 0 saturated carbocycles. The maximum Gasteiger partial charge on any atom is 0.0927 e. The van der Waals surface area contributed by atoms with Crippen molar-refractivity contribution in [2.24, 2.45) is 0 Å². The molecule has 1 aromatic carbocycles. The lowest BCUT2D eigenvalue weighted by Crippen LogP contribution is -2.14. The van der Waals surface area contributed by atoms with Crippen molar-refractivity contribution in [1.82, 2.24) is 4.98 Å². The number of nitrogens with one attached hydrogen (secondary N) is 1. The van der Waals surface area contributed by atoms with E-state index in [1.807, 2.05) is 13.1 Å². The molecule has 18 heavy (non-hydrogen) atoms. The predicted molar refractivity (Wildman–Crippen MR) is 80.0 cm³/mol. The molecule has 1 heterocycles. The largest absolute Gasteiger partial charge is 0.387 e. The van der Waals surface area contributed by atoms with Crippen molar-refractivity contribution < 1.29 is 0 Å². The molecule has 0 aliphatic heterocycles. The number of fused-ring (bicyclic) bond motifs is 1. The summed E-state index contributed by atoms with van der Waals surface area (Å²) in [5.41, 5.74) is 2.66. The fourth-order valence-corrected chi connectivity index (χ4v) is 2.30. The van der Waals surface area contributed by atoms with Gasteiger partial charge >= 0.3 is 0 Å². The average molecular weight is 283 g/mol. The van der Waals surface area contributed by atoms with Gasteiger partial charge in [-0.15, -0.1) is 0 Å². The van der Waals surface area contributed by atoms with Gasteiger partial charge in [0, 0.05) is 29.2 Å². The van der Waals surface area contributed by atoms with E-state index in [4.69, 9.17) is 23.2 Å². The molecule has 0 bridgehead atoms. The van der Waals surface area contributed by atoms with Crippen LogP contribution < -0.4 is 5.32 Å². The number of halogens is 2. The second-order valence-electron chi connectivity index (χ2n) is 5.31. The summed E-state index contributed by atoms with van der Waals surface area (Å²) in [4.78, 5) is 4.66. The second-order valence-corrected chi connectivity index (χ2v) is 6.12. The molecule has 0 aliphatic carbocycles. The van der Waals surface area contributed by atoms with Crippen molar-refractivity contribution in [2.45, 2.75) is 26.2 Å². The summed E-state index contributed by atoms with van der Waals surface area (Å²) in [5, 5.41) is 5.32. The lowest BCUT2D eigenvalue weighted by Gasteiger charge is -2.20. The topological polar surface area (TPSA) is 24.9 Å². The van der Waals surface area contributed by atoms with Gasteiger partial charge in [-0.2, -0.15) is 0 Å². The summed E-state index contributed by atoms with van der Waals surface area (Å²) in [6, 6.07) is 5.61. The molecule has 96 valence electrons. The molecule has 0 spiro atoms. The Balaban J connectivity index is 2.88. The number of hydrogen-bond acceptors (Lipinski definition) is 2. The van der Waals surface area contributed by atoms with Gasteiger partial charge in [0.05, 0.1) is 15.6 Å². The molecule has 1 aromatic heterocycles. The van der Waals surface area contributed by atoms with Crippen molar-refractivity contribution >= 4 is 39.8 Å². The third-order valence-electron chi connectivity index (χ3n) is 2.90. The van der Waals surface area contributed by atoms with E-state index in [0.29, 0.717) is 10.0 Å². The highest BCUT2D eigenvalue weighted by Gasteiger charge is 2.19. The molecule has 4 heteroatoms. The zero-order valence-corrected chi connectivity index (χ0v) is 12.4. The summed E-state index contributed by atoms with van der Waals surface area (Å²) in [6.07, 6.45) is 0. The number of anilines is 1. The highest BCUT2D eigenvalue weighted by Crippen LogP contribution is 2.36. The van der Waals surface area contributed by atoms with Crippen molar-refractivity contribution in [3.8, 4) is 0 Å². The van der Waals surface area contributed by atoms with E-state index in [0.717, 1.165) is 22.3 Å². The fourth-order valence-electron chi connectivity index (χ4n) is 1.85. The van der Waals surface area contributed by atoms with E-state index in [2.05, 4.69) is 31.1 Å². The van der Waals surface area contributed by atoms with E-state index >= 15 is 0 Å². The van der Waals surface area contributed by atoms with Crippen molar-refractivity contribution in [3.63, 3.8) is 0 Å². The van der Waals surface area contributed by atoms with E-state index in [9.17, 15) is 0 Å². The molecule has 2 aromatic rings. The summed E-state index contributed by atoms with van der Waals surface area (Å²) in [6.45, 7) is 6.37. The summed E-state index contributed by atoms with van der Waals surface area (Å²) in [7, 11) is 1.87. The Hall–Kier alpha value is -0.990. The Kier molecular flexibility index (Phi) is 3.43. The molecule has 0 saturated heterocycles. The molecule has 2 rings (SSSR count). The van der Waals surface area contributed by atoms with Gasteiger partial charge in [-0.05, 0) is 18.2 Å². The monoisotopic (exact) mass is 282 g/mol. The number of benzene rings is 1. The smallest absolute Gasteiger partial charge is 0.0927 e. The van der Waals surface area contributed by atoms with Crippen LogP contribution in [-0.2, 0) is 5.41 Å². The van der Waals surface area contributed by atoms with Gasteiger partial charge in [0.25, 0.3) is 0 Å². The van der Waals surface area contributed by atoms with E-state index in [1.165, 1.54) is 0 Å². The Morgan fingerprint density at radius 1 is 1.11 bits per heavy atom. The Morgan fingerprint density at radius 2 is 1.72 bits per heavy atom. The number of hydrogen-bond donors (Lipinski definition) is 1. The van der Waals surface area contributed by atoms with Crippen LogP contribution in [0.2, 0.25) is 10.0 Å². The summed E-state index contributed by atoms with van der Waals surface area (Å²) >= 11 is 12.5. The van der Waals surface area contributed by atoms with Gasteiger partial charge in [-0.25, -0.2) is 0 Å². The molecule has 1 N–H and O–H groups in total. The van der Waals surface area contributed by atoms with Crippen molar-refractivity contribution in [3.05, 3.63) is 33.9 Å². The Labute approximate surface area is 117 Å². The molecule has 0 atom stereocenters. The third kappa shape index (κ3) is 2.27. The van der Waals surface area contributed by atoms with Crippen molar-refractivity contribution in [1.29, 1.82) is 0 Å². The van der Waals surface area contributed by atoms with Crippen LogP contribution in [0.4, 0.5) is 5.69 Å². The van der Waals surface area contributed by atoms with Crippen LogP contribution in [0, 0.1) is 0 Å². The first kappa shape index (κ1) is 13.4. The van der Waals surface area contributed by atoms with Gasteiger partial charge in [0.1, 0.15) is 0 Å². The minimum absolute atomic E-state index is 0.0363. The van der Waals surface area contributed by atoms with Gasteiger partial charge in [-0.1, -0.05) is 44.0 Å². The second kappa shape index (κ2) is 4.60. The van der Waals surface area contributed by atoms with Crippen LogP contribution in [0.5, 0.6) is 0 Å². The third-order valence-corrected chi connectivity index (χ3v) is 3.52. The van der Waals surface area contributed by atoms with Crippen LogP contribution in [-0.4, -0.2) is 12.0 Å². The Bertz CT molecular complexity index is 601. The SMILES string of the molecule is CNc1cc(C(C)(C)C)nc2c(Cl)ccc(Cl)c12. The van der Waals surface area contributed by atoms with Crippen LogP contribution in [0.1, 0.15) is 26.5 Å². The van der Waals surface area contributed by atoms with Gasteiger partial charge in [0.2, 0.25) is 0 Å². The molecule has 0 radical (unpaired) electrons. The minimum atomic E-state index is -0.0363. The van der Waals surface area contributed by atoms with Crippen molar-refractivity contribution in [2.75, 3.05) is 12.4 Å². The lowest BCUT2D eigenvalue weighted by atomic mass is 9.90. The van der Waals surface area contributed by atoms with E-state index < -0.39 is 0 Å². The molecule has 0 amide bonds. The number of rotatable bonds is 1. The lowest BCUT2D eigenvalue weighted by molar-refractivity contribution is 0.572. The number of pyridine rings is 1. The molecule has 0 fully saturated rings. The van der Waals surface area contributed by atoms with Crippen LogP contribution in [0.25, 0.3) is 10.9 Å². The normalized spacial score (nSPS) is 11.9. The van der Waals surface area contributed by atoms with Gasteiger partial charge in [-0.3, -0.25) is 4.98 Å². The first-order valence-corrected chi connectivity index (χ1v) is 6.57. The van der Waals surface area contributed by atoms with E-state index in [-0.39, 0.29) is 5.41 Å². The highest BCUT2D eigenvalue weighted by molar-refractivity contribution is 6.40. The maximum atomic E-state index is 6.24. The molecule has 0 unspecified atom stereocenters. The standard InChI is InChI=1S/C14H16Cl2N2/c1-14(2,3)11-7-10(17-4)12-8(15)5-6-9(16)13(12)18-11/h5-7H,1-4H3,(H,17,18). The molecule has 2 nitrogen and oxygen atoms in total. The number of aromatic nitrogens is 1. The molecular weight excluding hydrogens is 267 g/mol. The summed E-state index contributed by atoms with van der Waals surface area (Å²) in [5.74, 6) is 0. The number of nitrogens with zero attached hydrogens (tertiary/aromatic N) is 1. The highest BCUT2D eigenvalue weighted by atomic mass is 35.5. The first-order chi connectivity index (χ1) is 8.34.